The molecule has 0 unspecified atom stereocenters. The molecule has 0 spiro atoms. The van der Waals surface area contributed by atoms with Crippen LogP contribution in [0.4, 0.5) is 0 Å². The Hall–Kier alpha value is -2.03. The van der Waals surface area contributed by atoms with Crippen molar-refractivity contribution in [3.63, 3.8) is 0 Å². The largest absolute Gasteiger partial charge is 0.466 e. The Balaban J connectivity index is 2.28. The topological polar surface area (TPSA) is 39.4 Å². The average Bonchev–Trinajstić information content (AvgIpc) is 2.72. The molecule has 15 heavy (non-hydrogen) atoms. The van der Waals surface area contributed by atoms with Crippen LogP contribution in [0.25, 0.3) is 17.0 Å². The van der Waals surface area contributed by atoms with Crippen LogP contribution in [0.2, 0.25) is 0 Å². The summed E-state index contributed by atoms with van der Waals surface area (Å²) in [6.45, 7) is 0. The number of hydrogen-bond acceptors (Lipinski definition) is 3. The Bertz CT molecular complexity index is 508. The van der Waals surface area contributed by atoms with Crippen LogP contribution in [0.3, 0.4) is 0 Å². The summed E-state index contributed by atoms with van der Waals surface area (Å²) < 4.78 is 9.70. The van der Waals surface area contributed by atoms with Crippen LogP contribution in [-0.2, 0) is 9.53 Å². The molecule has 0 fully saturated rings. The molecule has 0 saturated carbocycles. The molecule has 3 nitrogen and oxygen atoms in total. The fourth-order valence-corrected chi connectivity index (χ4v) is 1.32. The van der Waals surface area contributed by atoms with E-state index in [1.165, 1.54) is 13.2 Å². The Labute approximate surface area is 87.0 Å². The van der Waals surface area contributed by atoms with Gasteiger partial charge in [0.2, 0.25) is 0 Å². The molecule has 0 saturated heterocycles. The van der Waals surface area contributed by atoms with Gasteiger partial charge in [0.25, 0.3) is 0 Å². The molecule has 2 rings (SSSR count). The van der Waals surface area contributed by atoms with Crippen molar-refractivity contribution in [3.05, 3.63) is 42.2 Å². The number of carbonyl (C=O) groups is 1. The van der Waals surface area contributed by atoms with E-state index >= 15 is 0 Å². The van der Waals surface area contributed by atoms with Gasteiger partial charge in [-0.2, -0.15) is 0 Å². The van der Waals surface area contributed by atoms with Gasteiger partial charge in [0, 0.05) is 11.5 Å². The first-order valence-electron chi connectivity index (χ1n) is 4.53. The number of hydrogen-bond donors (Lipinski definition) is 0. The molecule has 1 aromatic heterocycles. The first-order valence-corrected chi connectivity index (χ1v) is 4.53. The van der Waals surface area contributed by atoms with Gasteiger partial charge in [0.15, 0.2) is 0 Å². The summed E-state index contributed by atoms with van der Waals surface area (Å²) in [5, 5.41) is 1.02. The maximum Gasteiger partial charge on any atom is 0.330 e. The maximum absolute atomic E-state index is 10.9. The Morgan fingerprint density at radius 3 is 3.07 bits per heavy atom. The van der Waals surface area contributed by atoms with E-state index in [4.69, 9.17) is 4.42 Å². The fraction of sp³-hybridized carbons (Fsp3) is 0.0833. The molecule has 0 aliphatic rings. The Kier molecular flexibility index (Phi) is 2.54. The van der Waals surface area contributed by atoms with Crippen LogP contribution in [0.5, 0.6) is 0 Å². The van der Waals surface area contributed by atoms with E-state index in [1.807, 2.05) is 24.3 Å². The summed E-state index contributed by atoms with van der Waals surface area (Å²) in [7, 11) is 1.35. The van der Waals surface area contributed by atoms with Crippen molar-refractivity contribution >= 4 is 23.0 Å². The molecule has 1 heterocycles. The van der Waals surface area contributed by atoms with Crippen molar-refractivity contribution < 1.29 is 13.9 Å². The lowest BCUT2D eigenvalue weighted by molar-refractivity contribution is -0.134. The number of carbonyl (C=O) groups excluding carboxylic acids is 1. The molecule has 76 valence electrons. The van der Waals surface area contributed by atoms with E-state index in [-0.39, 0.29) is 5.97 Å². The van der Waals surface area contributed by atoms with Crippen molar-refractivity contribution in [2.45, 2.75) is 0 Å². The zero-order chi connectivity index (χ0) is 10.7. The van der Waals surface area contributed by atoms with E-state index in [1.54, 1.807) is 12.3 Å². The fourth-order valence-electron chi connectivity index (χ4n) is 1.32. The van der Waals surface area contributed by atoms with Crippen LogP contribution in [0.1, 0.15) is 5.56 Å². The van der Waals surface area contributed by atoms with E-state index in [2.05, 4.69) is 4.74 Å². The second kappa shape index (κ2) is 4.00. The first kappa shape index (κ1) is 9.52. The van der Waals surface area contributed by atoms with E-state index in [0.29, 0.717) is 0 Å². The van der Waals surface area contributed by atoms with Gasteiger partial charge in [0.1, 0.15) is 5.58 Å². The van der Waals surface area contributed by atoms with Crippen LogP contribution >= 0.6 is 0 Å². The highest BCUT2D eigenvalue weighted by Gasteiger charge is 1.97. The molecule has 0 amide bonds. The highest BCUT2D eigenvalue weighted by molar-refractivity contribution is 5.88. The second-order valence-electron chi connectivity index (χ2n) is 3.07. The predicted molar refractivity (Wildman–Crippen MR) is 57.3 cm³/mol. The molecular weight excluding hydrogens is 192 g/mol. The highest BCUT2D eigenvalue weighted by atomic mass is 16.5. The lowest BCUT2D eigenvalue weighted by atomic mass is 10.1. The van der Waals surface area contributed by atoms with Gasteiger partial charge in [-0.25, -0.2) is 4.79 Å². The smallest absolute Gasteiger partial charge is 0.330 e. The minimum atomic E-state index is -0.359. The summed E-state index contributed by atoms with van der Waals surface area (Å²) in [5.74, 6) is -0.359. The van der Waals surface area contributed by atoms with Crippen molar-refractivity contribution in [3.8, 4) is 0 Å². The third-order valence-corrected chi connectivity index (χ3v) is 2.09. The van der Waals surface area contributed by atoms with Crippen LogP contribution < -0.4 is 0 Å². The van der Waals surface area contributed by atoms with Crippen LogP contribution in [0.15, 0.2) is 41.0 Å². The number of esters is 1. The maximum atomic E-state index is 10.9. The molecule has 0 radical (unpaired) electrons. The van der Waals surface area contributed by atoms with Crippen LogP contribution in [-0.4, -0.2) is 13.1 Å². The van der Waals surface area contributed by atoms with Gasteiger partial charge in [0.05, 0.1) is 13.4 Å². The van der Waals surface area contributed by atoms with Gasteiger partial charge in [-0.1, -0.05) is 6.07 Å². The number of furan rings is 1. The minimum absolute atomic E-state index is 0.359. The summed E-state index contributed by atoms with van der Waals surface area (Å²) in [6.07, 6.45) is 4.73. The Morgan fingerprint density at radius 2 is 2.27 bits per heavy atom. The lowest BCUT2D eigenvalue weighted by Gasteiger charge is -1.93. The third-order valence-electron chi connectivity index (χ3n) is 2.09. The molecule has 0 aliphatic heterocycles. The molecule has 2 aromatic rings. The normalized spacial score (nSPS) is 11.0. The van der Waals surface area contributed by atoms with Gasteiger partial charge >= 0.3 is 5.97 Å². The number of fused-ring (bicyclic) bond motifs is 1. The Morgan fingerprint density at radius 1 is 1.40 bits per heavy atom. The predicted octanol–water partition coefficient (Wildman–Crippen LogP) is 2.62. The monoisotopic (exact) mass is 202 g/mol. The average molecular weight is 202 g/mol. The van der Waals surface area contributed by atoms with Crippen molar-refractivity contribution in [2.24, 2.45) is 0 Å². The molecule has 1 aromatic carbocycles. The standard InChI is InChI=1S/C12H10O3/c1-14-12(13)5-3-9-2-4-11-10(8-9)6-7-15-11/h2-8H,1H3/b5-3+. The van der Waals surface area contributed by atoms with E-state index < -0.39 is 0 Å². The molecule has 0 aliphatic carbocycles. The van der Waals surface area contributed by atoms with E-state index in [9.17, 15) is 4.79 Å². The summed E-state index contributed by atoms with van der Waals surface area (Å²) >= 11 is 0. The van der Waals surface area contributed by atoms with Crippen molar-refractivity contribution in [1.29, 1.82) is 0 Å². The number of rotatable bonds is 2. The van der Waals surface area contributed by atoms with E-state index in [0.717, 1.165) is 16.5 Å². The molecule has 0 N–H and O–H groups in total. The van der Waals surface area contributed by atoms with Crippen molar-refractivity contribution in [2.75, 3.05) is 7.11 Å². The molecular formula is C12H10O3. The number of benzene rings is 1. The number of ether oxygens (including phenoxy) is 1. The van der Waals surface area contributed by atoms with Gasteiger partial charge in [-0.05, 0) is 29.8 Å². The molecule has 0 atom stereocenters. The second-order valence-corrected chi connectivity index (χ2v) is 3.07. The zero-order valence-corrected chi connectivity index (χ0v) is 8.27. The van der Waals surface area contributed by atoms with Crippen molar-refractivity contribution in [1.82, 2.24) is 0 Å². The number of methoxy groups -OCH3 is 1. The minimum Gasteiger partial charge on any atom is -0.466 e. The quantitative estimate of drug-likeness (QED) is 0.555. The molecule has 0 bridgehead atoms. The molecule has 3 heteroatoms. The third kappa shape index (κ3) is 2.07. The van der Waals surface area contributed by atoms with Crippen LogP contribution in [0, 0.1) is 0 Å². The summed E-state index contributed by atoms with van der Waals surface area (Å²) in [4.78, 5) is 10.9. The van der Waals surface area contributed by atoms with Gasteiger partial charge in [-0.15, -0.1) is 0 Å². The highest BCUT2D eigenvalue weighted by Crippen LogP contribution is 2.17. The SMILES string of the molecule is COC(=O)/C=C/c1ccc2occc2c1. The summed E-state index contributed by atoms with van der Waals surface area (Å²) in [5.41, 5.74) is 1.78. The lowest BCUT2D eigenvalue weighted by Crippen LogP contribution is -1.93. The summed E-state index contributed by atoms with van der Waals surface area (Å²) in [6, 6.07) is 7.57. The van der Waals surface area contributed by atoms with Gasteiger partial charge in [-0.3, -0.25) is 0 Å². The first-order chi connectivity index (χ1) is 7.29. The zero-order valence-electron chi connectivity index (χ0n) is 8.27. The van der Waals surface area contributed by atoms with Gasteiger partial charge < -0.3 is 9.15 Å².